The van der Waals surface area contributed by atoms with Gasteiger partial charge in [-0.05, 0) is 47.5 Å². The van der Waals surface area contributed by atoms with Gasteiger partial charge in [-0.3, -0.25) is 35.2 Å². The van der Waals surface area contributed by atoms with Gasteiger partial charge in [-0.25, -0.2) is 5.01 Å². The maximum Gasteiger partial charge on any atom is 0.311 e. The van der Waals surface area contributed by atoms with Crippen molar-refractivity contribution in [3.05, 3.63) is 110 Å². The van der Waals surface area contributed by atoms with Crippen molar-refractivity contribution in [2.24, 2.45) is 0 Å². The van der Waals surface area contributed by atoms with Gasteiger partial charge in [0.1, 0.15) is 12.2 Å². The van der Waals surface area contributed by atoms with Gasteiger partial charge in [0.15, 0.2) is 5.75 Å². The molecule has 0 aromatic heterocycles. The molecule has 1 heterocycles. The van der Waals surface area contributed by atoms with E-state index in [1.165, 1.54) is 48.5 Å². The van der Waals surface area contributed by atoms with E-state index in [9.17, 15) is 29.8 Å². The molecule has 34 heavy (non-hydrogen) atoms. The number of hydrazine groups is 1. The topological polar surface area (TPSA) is 145 Å². The van der Waals surface area contributed by atoms with Crippen molar-refractivity contribution in [1.29, 1.82) is 0 Å². The third-order valence-electron chi connectivity index (χ3n) is 4.94. The van der Waals surface area contributed by atoms with Crippen molar-refractivity contribution in [1.82, 2.24) is 5.43 Å². The number of para-hydroxylation sites is 1. The Hall–Kier alpha value is -5.06. The minimum absolute atomic E-state index is 0.0291. The molecule has 4 rings (SSSR count). The molecule has 1 N–H and O–H groups in total. The first-order chi connectivity index (χ1) is 16.3. The van der Waals surface area contributed by atoms with Crippen LogP contribution >= 0.6 is 0 Å². The summed E-state index contributed by atoms with van der Waals surface area (Å²) in [5.41, 5.74) is 3.18. The number of anilines is 1. The Morgan fingerprint density at radius 2 is 1.62 bits per heavy atom. The van der Waals surface area contributed by atoms with Gasteiger partial charge in [-0.2, -0.15) is 0 Å². The molecule has 11 heteroatoms. The molecule has 11 nitrogen and oxygen atoms in total. The summed E-state index contributed by atoms with van der Waals surface area (Å²) < 4.78 is 5.54. The van der Waals surface area contributed by atoms with Crippen LogP contribution in [0.1, 0.15) is 11.1 Å². The first-order valence-corrected chi connectivity index (χ1v) is 9.90. The van der Waals surface area contributed by atoms with Crippen molar-refractivity contribution >= 4 is 35.0 Å². The summed E-state index contributed by atoms with van der Waals surface area (Å²) in [4.78, 5) is 46.2. The van der Waals surface area contributed by atoms with E-state index in [2.05, 4.69) is 5.43 Å². The molecule has 0 spiro atoms. The number of nitro benzene ring substituents is 2. The van der Waals surface area contributed by atoms with Crippen LogP contribution in [0.25, 0.3) is 6.08 Å². The molecule has 1 saturated heterocycles. The average molecular weight is 460 g/mol. The van der Waals surface area contributed by atoms with Crippen LogP contribution in [0.3, 0.4) is 0 Å². The first-order valence-electron chi connectivity index (χ1n) is 9.90. The number of hydrogen-bond acceptors (Lipinski definition) is 7. The summed E-state index contributed by atoms with van der Waals surface area (Å²) in [6.07, 6.45) is 1.27. The summed E-state index contributed by atoms with van der Waals surface area (Å²) in [6.45, 7) is -0.0494. The van der Waals surface area contributed by atoms with E-state index in [4.69, 9.17) is 4.74 Å². The Morgan fingerprint density at radius 3 is 2.26 bits per heavy atom. The second kappa shape index (κ2) is 9.20. The molecule has 1 aliphatic heterocycles. The van der Waals surface area contributed by atoms with Crippen LogP contribution in [0.15, 0.2) is 78.4 Å². The molecule has 170 valence electrons. The molecule has 2 amide bonds. The quantitative estimate of drug-likeness (QED) is 0.246. The zero-order chi connectivity index (χ0) is 24.2. The molecule has 0 radical (unpaired) electrons. The van der Waals surface area contributed by atoms with Gasteiger partial charge < -0.3 is 4.74 Å². The number of non-ortho nitro benzene ring substituents is 1. The Balaban J connectivity index is 1.55. The molecule has 1 fully saturated rings. The van der Waals surface area contributed by atoms with Crippen LogP contribution < -0.4 is 15.2 Å². The van der Waals surface area contributed by atoms with Gasteiger partial charge in [-0.15, -0.1) is 0 Å². The lowest BCUT2D eigenvalue weighted by Crippen LogP contribution is -2.35. The smallest absolute Gasteiger partial charge is 0.311 e. The SMILES string of the molecule is O=C1NN(c2ccccc2)C(=O)/C1=C\c1ccc(OCc2ccc([N+](=O)[O-])cc2)c([N+](=O)[O-])c1. The van der Waals surface area contributed by atoms with Crippen molar-refractivity contribution in [2.45, 2.75) is 6.61 Å². The zero-order valence-electron chi connectivity index (χ0n) is 17.4. The van der Waals surface area contributed by atoms with Crippen LogP contribution in [0.2, 0.25) is 0 Å². The number of carbonyl (C=O) groups excluding carboxylic acids is 2. The number of benzene rings is 3. The number of nitrogens with zero attached hydrogens (tertiary/aromatic N) is 3. The number of rotatable bonds is 7. The van der Waals surface area contributed by atoms with Gasteiger partial charge in [0.05, 0.1) is 15.5 Å². The highest BCUT2D eigenvalue weighted by Crippen LogP contribution is 2.30. The summed E-state index contributed by atoms with van der Waals surface area (Å²) in [7, 11) is 0. The Kier molecular flexibility index (Phi) is 5.99. The molecule has 0 bridgehead atoms. The fourth-order valence-electron chi connectivity index (χ4n) is 3.25. The van der Waals surface area contributed by atoms with E-state index in [1.807, 2.05) is 0 Å². The molecule has 0 aliphatic carbocycles. The first kappa shape index (κ1) is 22.1. The molecular formula is C23H16N4O7. The zero-order valence-corrected chi connectivity index (χ0v) is 17.4. The average Bonchev–Trinajstić information content (AvgIpc) is 3.12. The van der Waals surface area contributed by atoms with Gasteiger partial charge in [-0.1, -0.05) is 24.3 Å². The van der Waals surface area contributed by atoms with Crippen molar-refractivity contribution < 1.29 is 24.2 Å². The van der Waals surface area contributed by atoms with Gasteiger partial charge in [0, 0.05) is 18.2 Å². The largest absolute Gasteiger partial charge is 0.482 e. The van der Waals surface area contributed by atoms with Gasteiger partial charge in [0.2, 0.25) is 0 Å². The molecule has 3 aromatic carbocycles. The van der Waals surface area contributed by atoms with Crippen LogP contribution in [0.5, 0.6) is 5.75 Å². The van der Waals surface area contributed by atoms with Gasteiger partial charge >= 0.3 is 5.69 Å². The minimum Gasteiger partial charge on any atom is -0.482 e. The second-order valence-corrected chi connectivity index (χ2v) is 7.17. The Bertz CT molecular complexity index is 1320. The predicted molar refractivity (Wildman–Crippen MR) is 121 cm³/mol. The van der Waals surface area contributed by atoms with E-state index < -0.39 is 21.7 Å². The number of amides is 2. The summed E-state index contributed by atoms with van der Waals surface area (Å²) in [5.74, 6) is -1.24. The van der Waals surface area contributed by atoms with E-state index in [1.54, 1.807) is 30.3 Å². The van der Waals surface area contributed by atoms with Crippen molar-refractivity contribution in [3.63, 3.8) is 0 Å². The molecular weight excluding hydrogens is 444 g/mol. The highest BCUT2D eigenvalue weighted by molar-refractivity contribution is 6.31. The molecule has 0 atom stereocenters. The maximum absolute atomic E-state index is 12.7. The normalized spacial score (nSPS) is 14.2. The number of hydrogen-bond donors (Lipinski definition) is 1. The highest BCUT2D eigenvalue weighted by atomic mass is 16.6. The third kappa shape index (κ3) is 4.58. The summed E-state index contributed by atoms with van der Waals surface area (Å²) in [6, 6.07) is 18.2. The maximum atomic E-state index is 12.7. The molecule has 1 aliphatic rings. The highest BCUT2D eigenvalue weighted by Gasteiger charge is 2.34. The lowest BCUT2D eigenvalue weighted by atomic mass is 10.1. The number of nitrogens with one attached hydrogen (secondary N) is 1. The fraction of sp³-hybridized carbons (Fsp3) is 0.0435. The second-order valence-electron chi connectivity index (χ2n) is 7.17. The van der Waals surface area contributed by atoms with Crippen LogP contribution in [0, 0.1) is 20.2 Å². The summed E-state index contributed by atoms with van der Waals surface area (Å²) in [5, 5.41) is 23.4. The molecule has 3 aromatic rings. The number of ether oxygens (including phenoxy) is 1. The number of nitro groups is 2. The van der Waals surface area contributed by atoms with E-state index >= 15 is 0 Å². The Labute approximate surface area is 192 Å². The van der Waals surface area contributed by atoms with Crippen LogP contribution in [-0.2, 0) is 16.2 Å². The molecule has 0 saturated carbocycles. The standard InChI is InChI=1S/C23H16N4O7/c28-22-19(23(29)25(24-22)17-4-2-1-3-5-17)12-16-8-11-21(20(13-16)27(32)33)34-14-15-6-9-18(10-7-15)26(30)31/h1-13H,14H2,(H,24,28)/b19-12-. The van der Waals surface area contributed by atoms with Crippen molar-refractivity contribution in [3.8, 4) is 5.75 Å². The Morgan fingerprint density at radius 1 is 0.912 bits per heavy atom. The number of carbonyl (C=O) groups is 2. The molecule has 0 unspecified atom stereocenters. The van der Waals surface area contributed by atoms with Crippen LogP contribution in [0.4, 0.5) is 17.1 Å². The predicted octanol–water partition coefficient (Wildman–Crippen LogP) is 3.54. The lowest BCUT2D eigenvalue weighted by molar-refractivity contribution is -0.386. The van der Waals surface area contributed by atoms with Gasteiger partial charge in [0.25, 0.3) is 17.5 Å². The lowest BCUT2D eigenvalue weighted by Gasteiger charge is -2.13. The summed E-state index contributed by atoms with van der Waals surface area (Å²) >= 11 is 0. The minimum atomic E-state index is -0.639. The third-order valence-corrected chi connectivity index (χ3v) is 4.94. The van der Waals surface area contributed by atoms with E-state index in [-0.39, 0.29) is 34.9 Å². The van der Waals surface area contributed by atoms with Crippen molar-refractivity contribution in [2.75, 3.05) is 5.01 Å². The van der Waals surface area contributed by atoms with Crippen LogP contribution in [-0.4, -0.2) is 21.7 Å². The monoisotopic (exact) mass is 460 g/mol. The van der Waals surface area contributed by atoms with E-state index in [0.29, 0.717) is 11.3 Å². The van der Waals surface area contributed by atoms with E-state index in [0.717, 1.165) is 5.01 Å². The fourth-order valence-corrected chi connectivity index (χ4v) is 3.25.